The molecule has 0 fully saturated rings. The number of aryl methyl sites for hydroxylation is 1. The highest BCUT2D eigenvalue weighted by atomic mass is 35.5. The maximum absolute atomic E-state index is 14.0. The topological polar surface area (TPSA) is 29.5 Å². The summed E-state index contributed by atoms with van der Waals surface area (Å²) in [5.74, 6) is 0.170. The minimum Gasteiger partial charge on any atom is -0.485 e. The summed E-state index contributed by atoms with van der Waals surface area (Å²) in [7, 11) is 0. The molecule has 0 radical (unpaired) electrons. The first-order valence-corrected chi connectivity index (χ1v) is 6.83. The Hall–Kier alpha value is -1.58. The molecule has 1 N–H and O–H groups in total. The molecule has 3 rings (SSSR count). The summed E-state index contributed by atoms with van der Waals surface area (Å²) in [6.45, 7) is 1.95. The van der Waals surface area contributed by atoms with Crippen LogP contribution >= 0.6 is 11.6 Å². The van der Waals surface area contributed by atoms with E-state index in [9.17, 15) is 9.50 Å². The number of hydrogen-bond acceptors (Lipinski definition) is 2. The summed E-state index contributed by atoms with van der Waals surface area (Å²) in [4.78, 5) is 0. The summed E-state index contributed by atoms with van der Waals surface area (Å²) in [6.07, 6.45) is -0.967. The van der Waals surface area contributed by atoms with Crippen LogP contribution in [0.2, 0.25) is 5.02 Å². The van der Waals surface area contributed by atoms with Gasteiger partial charge < -0.3 is 9.84 Å². The lowest BCUT2D eigenvalue weighted by molar-refractivity contribution is 0.0640. The van der Waals surface area contributed by atoms with Gasteiger partial charge in [-0.25, -0.2) is 4.39 Å². The Morgan fingerprint density at radius 3 is 2.85 bits per heavy atom. The summed E-state index contributed by atoms with van der Waals surface area (Å²) >= 11 is 6.06. The normalized spacial score (nSPS) is 21.2. The van der Waals surface area contributed by atoms with Crippen molar-refractivity contribution in [1.82, 2.24) is 0 Å². The number of benzene rings is 2. The molecule has 1 aliphatic heterocycles. The zero-order chi connectivity index (χ0) is 14.3. The Morgan fingerprint density at radius 2 is 2.10 bits per heavy atom. The molecule has 0 bridgehead atoms. The van der Waals surface area contributed by atoms with Gasteiger partial charge in [0, 0.05) is 17.5 Å². The largest absolute Gasteiger partial charge is 0.485 e. The van der Waals surface area contributed by atoms with Gasteiger partial charge in [-0.3, -0.25) is 0 Å². The van der Waals surface area contributed by atoms with Gasteiger partial charge in [-0.05, 0) is 31.2 Å². The SMILES string of the molecule is Cc1ccc2c(c1)[C@@H](O)CC(c1c(F)cccc1Cl)O2. The average Bonchev–Trinajstić information content (AvgIpc) is 2.39. The van der Waals surface area contributed by atoms with Crippen LogP contribution in [0.25, 0.3) is 0 Å². The molecule has 2 nitrogen and oxygen atoms in total. The maximum Gasteiger partial charge on any atom is 0.131 e. The van der Waals surface area contributed by atoms with E-state index in [-0.39, 0.29) is 6.42 Å². The van der Waals surface area contributed by atoms with E-state index in [1.807, 2.05) is 19.1 Å². The highest BCUT2D eigenvalue weighted by Gasteiger charge is 2.31. The highest BCUT2D eigenvalue weighted by molar-refractivity contribution is 6.31. The molecule has 4 heteroatoms. The van der Waals surface area contributed by atoms with E-state index in [2.05, 4.69) is 0 Å². The van der Waals surface area contributed by atoms with E-state index in [1.54, 1.807) is 18.2 Å². The minimum absolute atomic E-state index is 0.289. The lowest BCUT2D eigenvalue weighted by Crippen LogP contribution is -2.20. The molecule has 0 saturated carbocycles. The molecule has 20 heavy (non-hydrogen) atoms. The molecule has 1 aliphatic rings. The van der Waals surface area contributed by atoms with E-state index in [1.165, 1.54) is 6.07 Å². The number of rotatable bonds is 1. The molecule has 2 aromatic rings. The second kappa shape index (κ2) is 5.08. The van der Waals surface area contributed by atoms with E-state index in [4.69, 9.17) is 16.3 Å². The first-order valence-electron chi connectivity index (χ1n) is 6.45. The smallest absolute Gasteiger partial charge is 0.131 e. The average molecular weight is 293 g/mol. The highest BCUT2D eigenvalue weighted by Crippen LogP contribution is 2.43. The molecular formula is C16H14ClFO2. The number of aliphatic hydroxyl groups excluding tert-OH is 1. The van der Waals surface area contributed by atoms with Gasteiger partial charge in [-0.1, -0.05) is 29.3 Å². The lowest BCUT2D eigenvalue weighted by atomic mass is 9.94. The van der Waals surface area contributed by atoms with Crippen molar-refractivity contribution in [3.63, 3.8) is 0 Å². The Bertz CT molecular complexity index is 637. The van der Waals surface area contributed by atoms with Crippen LogP contribution in [0.4, 0.5) is 4.39 Å². The van der Waals surface area contributed by atoms with Gasteiger partial charge in [-0.2, -0.15) is 0 Å². The van der Waals surface area contributed by atoms with E-state index >= 15 is 0 Å². The minimum atomic E-state index is -0.681. The fourth-order valence-electron chi connectivity index (χ4n) is 2.56. The molecule has 0 spiro atoms. The first-order chi connectivity index (χ1) is 9.56. The maximum atomic E-state index is 14.0. The second-order valence-corrected chi connectivity index (χ2v) is 5.44. The molecule has 0 aliphatic carbocycles. The van der Waals surface area contributed by atoms with Crippen molar-refractivity contribution in [2.24, 2.45) is 0 Å². The lowest BCUT2D eigenvalue weighted by Gasteiger charge is -2.30. The van der Waals surface area contributed by atoms with Crippen LogP contribution in [0.1, 0.15) is 35.3 Å². The molecule has 2 atom stereocenters. The van der Waals surface area contributed by atoms with Gasteiger partial charge in [0.15, 0.2) is 0 Å². The van der Waals surface area contributed by atoms with Gasteiger partial charge in [0.2, 0.25) is 0 Å². The van der Waals surface area contributed by atoms with Gasteiger partial charge in [-0.15, -0.1) is 0 Å². The fraction of sp³-hybridized carbons (Fsp3) is 0.250. The van der Waals surface area contributed by atoms with Crippen LogP contribution < -0.4 is 4.74 Å². The standard InChI is InChI=1S/C16H14ClFO2/c1-9-5-6-14-10(7-9)13(19)8-15(20-14)16-11(17)3-2-4-12(16)18/h2-7,13,15,19H,8H2,1H3/t13-,15?/m0/s1. The monoisotopic (exact) mass is 292 g/mol. The first kappa shape index (κ1) is 13.4. The molecule has 0 aromatic heterocycles. The molecule has 0 saturated heterocycles. The van der Waals surface area contributed by atoms with Crippen LogP contribution in [0, 0.1) is 12.7 Å². The van der Waals surface area contributed by atoms with Gasteiger partial charge in [0.25, 0.3) is 0 Å². The van der Waals surface area contributed by atoms with Crippen LogP contribution in [-0.4, -0.2) is 5.11 Å². The number of aliphatic hydroxyl groups is 1. The fourth-order valence-corrected chi connectivity index (χ4v) is 2.85. The summed E-state index contributed by atoms with van der Waals surface area (Å²) < 4.78 is 19.8. The molecular weight excluding hydrogens is 279 g/mol. The quantitative estimate of drug-likeness (QED) is 0.847. The third-order valence-corrected chi connectivity index (χ3v) is 3.88. The Balaban J connectivity index is 2.01. The number of halogens is 2. The van der Waals surface area contributed by atoms with Gasteiger partial charge in [0.05, 0.1) is 11.1 Å². The number of fused-ring (bicyclic) bond motifs is 1. The van der Waals surface area contributed by atoms with E-state index in [0.717, 1.165) is 11.1 Å². The number of ether oxygens (including phenoxy) is 1. The van der Waals surface area contributed by atoms with Crippen LogP contribution in [0.15, 0.2) is 36.4 Å². The van der Waals surface area contributed by atoms with Gasteiger partial charge in [0.1, 0.15) is 17.7 Å². The molecule has 1 heterocycles. The van der Waals surface area contributed by atoms with Crippen molar-refractivity contribution in [2.45, 2.75) is 25.6 Å². The van der Waals surface area contributed by atoms with E-state index < -0.39 is 18.0 Å². The predicted molar refractivity (Wildman–Crippen MR) is 75.5 cm³/mol. The van der Waals surface area contributed by atoms with Crippen LogP contribution in [0.3, 0.4) is 0 Å². The van der Waals surface area contributed by atoms with E-state index in [0.29, 0.717) is 16.3 Å². The van der Waals surface area contributed by atoms with Gasteiger partial charge >= 0.3 is 0 Å². The predicted octanol–water partition coefficient (Wildman–Crippen LogP) is 4.34. The van der Waals surface area contributed by atoms with Crippen LogP contribution in [-0.2, 0) is 0 Å². The summed E-state index contributed by atoms with van der Waals surface area (Å²) in [5.41, 5.74) is 2.10. The molecule has 0 amide bonds. The second-order valence-electron chi connectivity index (χ2n) is 5.03. The third kappa shape index (κ3) is 2.28. The third-order valence-electron chi connectivity index (χ3n) is 3.55. The van der Waals surface area contributed by atoms with Crippen molar-refractivity contribution in [3.8, 4) is 5.75 Å². The number of hydrogen-bond donors (Lipinski definition) is 1. The van der Waals surface area contributed by atoms with Crippen molar-refractivity contribution in [2.75, 3.05) is 0 Å². The zero-order valence-corrected chi connectivity index (χ0v) is 11.7. The summed E-state index contributed by atoms with van der Waals surface area (Å²) in [6, 6.07) is 10.1. The van der Waals surface area contributed by atoms with Crippen molar-refractivity contribution < 1.29 is 14.2 Å². The molecule has 104 valence electrons. The Labute approximate surface area is 121 Å². The zero-order valence-electron chi connectivity index (χ0n) is 10.9. The van der Waals surface area contributed by atoms with Crippen molar-refractivity contribution in [3.05, 3.63) is 63.9 Å². The molecule has 2 aromatic carbocycles. The summed E-state index contributed by atoms with van der Waals surface area (Å²) in [5, 5.41) is 10.6. The Kier molecular flexibility index (Phi) is 3.40. The van der Waals surface area contributed by atoms with Crippen LogP contribution in [0.5, 0.6) is 5.75 Å². The van der Waals surface area contributed by atoms with Crippen molar-refractivity contribution >= 4 is 11.6 Å². The Morgan fingerprint density at radius 1 is 1.30 bits per heavy atom. The molecule has 1 unspecified atom stereocenters. The van der Waals surface area contributed by atoms with Crippen molar-refractivity contribution in [1.29, 1.82) is 0 Å².